The Hall–Kier alpha value is -4.56. The Labute approximate surface area is 229 Å². The van der Waals surface area contributed by atoms with Gasteiger partial charge in [-0.2, -0.15) is 0 Å². The molecule has 3 aromatic rings. The van der Waals surface area contributed by atoms with Crippen molar-refractivity contribution in [1.29, 1.82) is 0 Å². The summed E-state index contributed by atoms with van der Waals surface area (Å²) in [6.07, 6.45) is 3.55. The summed E-state index contributed by atoms with van der Waals surface area (Å²) in [5.74, 6) is 0.490. The van der Waals surface area contributed by atoms with Crippen molar-refractivity contribution >= 4 is 5.97 Å². The van der Waals surface area contributed by atoms with Gasteiger partial charge in [0.25, 0.3) is 0 Å². The minimum atomic E-state index is -2.23. The van der Waals surface area contributed by atoms with Gasteiger partial charge in [0.05, 0.1) is 13.2 Å². The van der Waals surface area contributed by atoms with E-state index in [-0.39, 0.29) is 5.97 Å². The average molecular weight is 553 g/mol. The molecule has 0 aliphatic carbocycles. The lowest BCUT2D eigenvalue weighted by atomic mass is 10.1. The van der Waals surface area contributed by atoms with Crippen LogP contribution in [0.15, 0.2) is 60.7 Å². The molecule has 0 saturated heterocycles. The summed E-state index contributed by atoms with van der Waals surface area (Å²) in [7, 11) is 0. The Morgan fingerprint density at radius 3 is 1.57 bits per heavy atom. The Morgan fingerprint density at radius 1 is 0.650 bits per heavy atom. The number of hydrogen-bond acceptors (Lipinski definition) is 3. The fourth-order valence-corrected chi connectivity index (χ4v) is 3.30. The molecule has 0 bridgehead atoms. The van der Waals surface area contributed by atoms with E-state index in [0.717, 1.165) is 37.0 Å². The van der Waals surface area contributed by atoms with Crippen LogP contribution in [0.3, 0.4) is 0 Å². The number of esters is 1. The topological polar surface area (TPSA) is 35.5 Å². The maximum atomic E-state index is 13.8. The SMILES string of the molecule is C=C(C)C(=O)OCCCCCCOc1ccc(C#Cc2ccc(C#Cc3c(F)c(F)c(F)c(F)c3F)cc2)cc1. The van der Waals surface area contributed by atoms with Gasteiger partial charge in [0.1, 0.15) is 11.3 Å². The minimum absolute atomic E-state index is 0.308. The van der Waals surface area contributed by atoms with Crippen molar-refractivity contribution < 1.29 is 36.2 Å². The summed E-state index contributed by atoms with van der Waals surface area (Å²) in [6, 6.07) is 13.6. The second-order valence-electron chi connectivity index (χ2n) is 8.73. The van der Waals surface area contributed by atoms with Gasteiger partial charge in [0.15, 0.2) is 23.3 Å². The molecule has 0 heterocycles. The summed E-state index contributed by atoms with van der Waals surface area (Å²) in [6.45, 7) is 6.10. The normalized spacial score (nSPS) is 10.2. The van der Waals surface area contributed by atoms with Gasteiger partial charge >= 0.3 is 5.97 Å². The molecule has 0 amide bonds. The molecule has 0 saturated carbocycles. The summed E-state index contributed by atoms with van der Waals surface area (Å²) in [4.78, 5) is 11.3. The number of halogens is 5. The van der Waals surface area contributed by atoms with Crippen LogP contribution in [0.1, 0.15) is 54.9 Å². The average Bonchev–Trinajstić information content (AvgIpc) is 2.96. The largest absolute Gasteiger partial charge is 0.494 e. The van der Waals surface area contributed by atoms with E-state index in [4.69, 9.17) is 9.47 Å². The van der Waals surface area contributed by atoms with Crippen molar-refractivity contribution in [3.63, 3.8) is 0 Å². The summed E-state index contributed by atoms with van der Waals surface area (Å²) in [5, 5.41) is 0. The third-order valence-electron chi connectivity index (χ3n) is 5.52. The molecule has 40 heavy (non-hydrogen) atoms. The first-order valence-corrected chi connectivity index (χ1v) is 12.4. The zero-order valence-electron chi connectivity index (χ0n) is 21.7. The van der Waals surface area contributed by atoms with E-state index in [1.807, 2.05) is 30.2 Å². The first-order valence-electron chi connectivity index (χ1n) is 12.4. The van der Waals surface area contributed by atoms with E-state index in [2.05, 4.69) is 24.3 Å². The first-order chi connectivity index (χ1) is 19.2. The molecule has 0 unspecified atom stereocenters. The van der Waals surface area contributed by atoms with Crippen LogP contribution in [0, 0.1) is 52.8 Å². The number of unbranched alkanes of at least 4 members (excludes halogenated alkanes) is 3. The Bertz CT molecular complexity index is 1460. The van der Waals surface area contributed by atoms with Crippen molar-refractivity contribution in [2.75, 3.05) is 13.2 Å². The summed E-state index contributed by atoms with van der Waals surface area (Å²) < 4.78 is 78.1. The van der Waals surface area contributed by atoms with Crippen LogP contribution in [0.5, 0.6) is 5.75 Å². The third kappa shape index (κ3) is 8.47. The molecule has 3 rings (SSSR count). The molecule has 0 radical (unpaired) electrons. The van der Waals surface area contributed by atoms with Crippen LogP contribution in [-0.4, -0.2) is 19.2 Å². The van der Waals surface area contributed by atoms with Crippen LogP contribution < -0.4 is 4.74 Å². The lowest BCUT2D eigenvalue weighted by Gasteiger charge is -2.07. The monoisotopic (exact) mass is 552 g/mol. The Morgan fingerprint density at radius 2 is 1.07 bits per heavy atom. The van der Waals surface area contributed by atoms with Gasteiger partial charge in [0, 0.05) is 22.3 Å². The highest BCUT2D eigenvalue weighted by Gasteiger charge is 2.24. The predicted octanol–water partition coefficient (Wildman–Crippen LogP) is 7.24. The van der Waals surface area contributed by atoms with Crippen LogP contribution in [-0.2, 0) is 9.53 Å². The van der Waals surface area contributed by atoms with E-state index in [0.29, 0.717) is 29.9 Å². The standard InChI is InChI=1S/C32H25F5O3/c1-21(2)32(38)40-20-6-4-3-5-19-39-25-16-13-24(14-17-25)12-9-22-7-10-23(11-8-22)15-18-26-27(33)29(35)31(37)30(36)28(26)34/h7-8,10-11,13-14,16-17H,1,3-6,19-20H2,2H3. The summed E-state index contributed by atoms with van der Waals surface area (Å²) >= 11 is 0. The molecule has 0 atom stereocenters. The van der Waals surface area contributed by atoms with E-state index in [1.54, 1.807) is 19.1 Å². The molecule has 0 fully saturated rings. The van der Waals surface area contributed by atoms with Crippen molar-refractivity contribution in [3.05, 3.63) is 112 Å². The smallest absolute Gasteiger partial charge is 0.333 e. The molecule has 0 spiro atoms. The van der Waals surface area contributed by atoms with Crippen LogP contribution in [0.4, 0.5) is 22.0 Å². The van der Waals surface area contributed by atoms with E-state index in [1.165, 1.54) is 12.1 Å². The maximum Gasteiger partial charge on any atom is 0.333 e. The van der Waals surface area contributed by atoms with Gasteiger partial charge in [-0.3, -0.25) is 0 Å². The molecular formula is C32H25F5O3. The predicted molar refractivity (Wildman–Crippen MR) is 141 cm³/mol. The highest BCUT2D eigenvalue weighted by Crippen LogP contribution is 2.22. The number of rotatable bonds is 9. The third-order valence-corrected chi connectivity index (χ3v) is 5.52. The quantitative estimate of drug-likeness (QED) is 0.0534. The van der Waals surface area contributed by atoms with Crippen LogP contribution >= 0.6 is 0 Å². The van der Waals surface area contributed by atoms with Gasteiger partial charge in [-0.15, -0.1) is 0 Å². The Kier molecular flexibility index (Phi) is 10.9. The van der Waals surface area contributed by atoms with Gasteiger partial charge < -0.3 is 9.47 Å². The molecule has 0 N–H and O–H groups in total. The van der Waals surface area contributed by atoms with Crippen molar-refractivity contribution in [2.45, 2.75) is 32.6 Å². The molecule has 3 aromatic carbocycles. The number of ether oxygens (including phenoxy) is 2. The fraction of sp³-hybridized carbons (Fsp3) is 0.219. The maximum absolute atomic E-state index is 13.8. The van der Waals surface area contributed by atoms with Crippen LogP contribution in [0.2, 0.25) is 0 Å². The van der Waals surface area contributed by atoms with E-state index < -0.39 is 34.6 Å². The molecule has 0 aromatic heterocycles. The fourth-order valence-electron chi connectivity index (χ4n) is 3.30. The molecular weight excluding hydrogens is 527 g/mol. The van der Waals surface area contributed by atoms with Gasteiger partial charge in [-0.05, 0) is 81.1 Å². The molecule has 206 valence electrons. The van der Waals surface area contributed by atoms with E-state index >= 15 is 0 Å². The van der Waals surface area contributed by atoms with Crippen molar-refractivity contribution in [2.24, 2.45) is 0 Å². The highest BCUT2D eigenvalue weighted by molar-refractivity contribution is 5.86. The number of carbonyl (C=O) groups is 1. The second-order valence-corrected chi connectivity index (χ2v) is 8.73. The lowest BCUT2D eigenvalue weighted by Crippen LogP contribution is -2.06. The molecule has 0 aliphatic rings. The van der Waals surface area contributed by atoms with Crippen molar-refractivity contribution in [3.8, 4) is 29.4 Å². The lowest BCUT2D eigenvalue weighted by molar-refractivity contribution is -0.139. The van der Waals surface area contributed by atoms with Crippen LogP contribution in [0.25, 0.3) is 0 Å². The van der Waals surface area contributed by atoms with Gasteiger partial charge in [-0.1, -0.05) is 30.3 Å². The molecule has 8 heteroatoms. The zero-order valence-corrected chi connectivity index (χ0v) is 21.7. The first kappa shape index (κ1) is 30.0. The second kappa shape index (κ2) is 14.6. The van der Waals surface area contributed by atoms with E-state index in [9.17, 15) is 26.7 Å². The van der Waals surface area contributed by atoms with Gasteiger partial charge in [0.2, 0.25) is 5.82 Å². The summed E-state index contributed by atoms with van der Waals surface area (Å²) in [5.41, 5.74) is 0.906. The molecule has 3 nitrogen and oxygen atoms in total. The number of benzene rings is 3. The highest BCUT2D eigenvalue weighted by atomic mass is 19.2. The zero-order chi connectivity index (χ0) is 29.1. The number of hydrogen-bond donors (Lipinski definition) is 0. The van der Waals surface area contributed by atoms with Crippen molar-refractivity contribution in [1.82, 2.24) is 0 Å². The number of carbonyl (C=O) groups excluding carboxylic acids is 1. The van der Waals surface area contributed by atoms with Gasteiger partial charge in [-0.25, -0.2) is 26.7 Å². The Balaban J connectivity index is 1.47. The molecule has 0 aliphatic heterocycles. The minimum Gasteiger partial charge on any atom is -0.494 e.